The van der Waals surface area contributed by atoms with Crippen molar-refractivity contribution in [3.8, 4) is 0 Å². The molecule has 0 spiro atoms. The van der Waals surface area contributed by atoms with Gasteiger partial charge in [0.25, 0.3) is 0 Å². The summed E-state index contributed by atoms with van der Waals surface area (Å²) in [5.41, 5.74) is 6.69. The molecule has 0 saturated carbocycles. The Hall–Kier alpha value is -0.440. The highest BCUT2D eigenvalue weighted by molar-refractivity contribution is 9.11. The standard InChI is InChI=1S/C6H7BrN2/c7-5-1-3-6(9-8)4-2-5/h1-3,6,8H,4H2. The molecule has 1 unspecified atom stereocenters. The fourth-order valence-corrected chi connectivity index (χ4v) is 1.02. The summed E-state index contributed by atoms with van der Waals surface area (Å²) in [6, 6.07) is 0.0753. The van der Waals surface area contributed by atoms with Gasteiger partial charge in [-0.25, -0.2) is 5.53 Å². The largest absolute Gasteiger partial charge is 0.209 e. The molecule has 0 heterocycles. The van der Waals surface area contributed by atoms with Gasteiger partial charge in [-0.1, -0.05) is 34.2 Å². The zero-order chi connectivity index (χ0) is 6.69. The lowest BCUT2D eigenvalue weighted by molar-refractivity contribution is 0.747. The van der Waals surface area contributed by atoms with Crippen molar-refractivity contribution >= 4 is 15.9 Å². The zero-order valence-electron chi connectivity index (χ0n) is 4.84. The van der Waals surface area contributed by atoms with E-state index in [4.69, 9.17) is 5.53 Å². The van der Waals surface area contributed by atoms with E-state index in [-0.39, 0.29) is 6.04 Å². The maximum Gasteiger partial charge on any atom is 0.0924 e. The molecule has 0 aromatic heterocycles. The van der Waals surface area contributed by atoms with E-state index in [1.54, 1.807) is 0 Å². The number of allylic oxidation sites excluding steroid dienone is 2. The van der Waals surface area contributed by atoms with Crippen molar-refractivity contribution in [3.05, 3.63) is 22.7 Å². The van der Waals surface area contributed by atoms with E-state index in [2.05, 4.69) is 21.0 Å². The van der Waals surface area contributed by atoms with Gasteiger partial charge < -0.3 is 0 Å². The minimum Gasteiger partial charge on any atom is -0.209 e. The third-order valence-electron chi connectivity index (χ3n) is 1.20. The molecule has 0 aliphatic heterocycles. The molecular weight excluding hydrogens is 180 g/mol. The Morgan fingerprint density at radius 3 is 3.00 bits per heavy atom. The third-order valence-corrected chi connectivity index (χ3v) is 1.79. The average molecular weight is 187 g/mol. The Morgan fingerprint density at radius 2 is 2.56 bits per heavy atom. The van der Waals surface area contributed by atoms with Crippen molar-refractivity contribution in [2.45, 2.75) is 12.5 Å². The molecule has 1 atom stereocenters. The smallest absolute Gasteiger partial charge is 0.0924 e. The molecule has 0 saturated heterocycles. The van der Waals surface area contributed by atoms with Crippen LogP contribution in [-0.4, -0.2) is 6.04 Å². The van der Waals surface area contributed by atoms with Crippen LogP contribution in [0, 0.1) is 5.53 Å². The second-order valence-electron chi connectivity index (χ2n) is 1.88. The Morgan fingerprint density at radius 1 is 1.78 bits per heavy atom. The van der Waals surface area contributed by atoms with Crippen LogP contribution in [0.25, 0.3) is 0 Å². The lowest BCUT2D eigenvalue weighted by atomic mass is 10.1. The third kappa shape index (κ3) is 1.75. The van der Waals surface area contributed by atoms with Crippen LogP contribution in [0.5, 0.6) is 0 Å². The van der Waals surface area contributed by atoms with Crippen LogP contribution in [0.2, 0.25) is 0 Å². The van der Waals surface area contributed by atoms with E-state index in [0.29, 0.717) is 0 Å². The Balaban J connectivity index is 2.58. The summed E-state index contributed by atoms with van der Waals surface area (Å²) < 4.78 is 1.09. The fraction of sp³-hybridized carbons (Fsp3) is 0.333. The SMILES string of the molecule is N=NC1C=CC(Br)=CC1. The molecule has 3 heteroatoms. The molecule has 1 aliphatic carbocycles. The molecule has 1 N–H and O–H groups in total. The quantitative estimate of drug-likeness (QED) is 0.612. The number of hydrogen-bond acceptors (Lipinski definition) is 2. The van der Waals surface area contributed by atoms with Gasteiger partial charge in [-0.05, 0) is 6.42 Å². The molecular formula is C6H7BrN2. The van der Waals surface area contributed by atoms with Gasteiger partial charge in [0.05, 0.1) is 6.04 Å². The molecule has 1 aliphatic rings. The number of rotatable bonds is 1. The molecule has 2 nitrogen and oxygen atoms in total. The van der Waals surface area contributed by atoms with Crippen molar-refractivity contribution < 1.29 is 0 Å². The maximum absolute atomic E-state index is 6.69. The Labute approximate surface area is 62.3 Å². The second kappa shape index (κ2) is 2.92. The highest BCUT2D eigenvalue weighted by atomic mass is 79.9. The van der Waals surface area contributed by atoms with Crippen molar-refractivity contribution in [2.24, 2.45) is 5.11 Å². The van der Waals surface area contributed by atoms with Gasteiger partial charge in [0.15, 0.2) is 0 Å². The topological polar surface area (TPSA) is 36.2 Å². The number of hydrogen-bond donors (Lipinski definition) is 1. The van der Waals surface area contributed by atoms with Crippen molar-refractivity contribution in [3.63, 3.8) is 0 Å². The molecule has 1 rings (SSSR count). The van der Waals surface area contributed by atoms with E-state index in [1.807, 2.05) is 18.2 Å². The normalized spacial score (nSPS) is 25.4. The second-order valence-corrected chi connectivity index (χ2v) is 2.80. The zero-order valence-corrected chi connectivity index (χ0v) is 6.43. The minimum absolute atomic E-state index is 0.0753. The molecule has 0 fully saturated rings. The molecule has 0 aromatic carbocycles. The molecule has 48 valence electrons. The molecule has 9 heavy (non-hydrogen) atoms. The van der Waals surface area contributed by atoms with Crippen LogP contribution in [-0.2, 0) is 0 Å². The average Bonchev–Trinajstić information content (AvgIpc) is 1.90. The van der Waals surface area contributed by atoms with Crippen LogP contribution in [0.1, 0.15) is 6.42 Å². The first-order valence-corrected chi connectivity index (χ1v) is 3.52. The molecule has 0 radical (unpaired) electrons. The van der Waals surface area contributed by atoms with Gasteiger partial charge >= 0.3 is 0 Å². The summed E-state index contributed by atoms with van der Waals surface area (Å²) >= 11 is 3.32. The monoisotopic (exact) mass is 186 g/mol. The fourth-order valence-electron chi connectivity index (χ4n) is 0.679. The van der Waals surface area contributed by atoms with Crippen LogP contribution in [0.15, 0.2) is 27.8 Å². The summed E-state index contributed by atoms with van der Waals surface area (Å²) in [5, 5.41) is 3.38. The molecule has 0 bridgehead atoms. The number of halogens is 1. The predicted molar refractivity (Wildman–Crippen MR) is 39.7 cm³/mol. The van der Waals surface area contributed by atoms with Gasteiger partial charge in [-0.2, -0.15) is 5.11 Å². The summed E-state index contributed by atoms with van der Waals surface area (Å²) in [4.78, 5) is 0. The Kier molecular flexibility index (Phi) is 2.16. The first kappa shape index (κ1) is 6.68. The highest BCUT2D eigenvalue weighted by Gasteiger charge is 2.03. The van der Waals surface area contributed by atoms with E-state index >= 15 is 0 Å². The van der Waals surface area contributed by atoms with Gasteiger partial charge in [0, 0.05) is 4.48 Å². The predicted octanol–water partition coefficient (Wildman–Crippen LogP) is 2.62. The number of nitrogens with one attached hydrogen (secondary N) is 1. The molecule has 0 aromatic rings. The van der Waals surface area contributed by atoms with Gasteiger partial charge in [-0.3, -0.25) is 0 Å². The highest BCUT2D eigenvalue weighted by Crippen LogP contribution is 2.16. The summed E-state index contributed by atoms with van der Waals surface area (Å²) in [6.07, 6.45) is 6.70. The van der Waals surface area contributed by atoms with E-state index in [0.717, 1.165) is 10.9 Å². The van der Waals surface area contributed by atoms with E-state index in [9.17, 15) is 0 Å². The van der Waals surface area contributed by atoms with Crippen molar-refractivity contribution in [1.29, 1.82) is 5.53 Å². The van der Waals surface area contributed by atoms with Gasteiger partial charge in [0.2, 0.25) is 0 Å². The van der Waals surface area contributed by atoms with Crippen molar-refractivity contribution in [2.75, 3.05) is 0 Å². The lowest BCUT2D eigenvalue weighted by Gasteiger charge is -2.05. The van der Waals surface area contributed by atoms with Crippen molar-refractivity contribution in [1.82, 2.24) is 0 Å². The van der Waals surface area contributed by atoms with Crippen LogP contribution >= 0.6 is 15.9 Å². The minimum atomic E-state index is 0.0753. The van der Waals surface area contributed by atoms with Gasteiger partial charge in [-0.15, -0.1) is 0 Å². The lowest BCUT2D eigenvalue weighted by Crippen LogP contribution is -1.99. The Bertz CT molecular complexity index is 172. The first-order chi connectivity index (χ1) is 4.33. The summed E-state index contributed by atoms with van der Waals surface area (Å²) in [5.74, 6) is 0. The summed E-state index contributed by atoms with van der Waals surface area (Å²) in [6.45, 7) is 0. The van der Waals surface area contributed by atoms with E-state index in [1.165, 1.54) is 0 Å². The van der Waals surface area contributed by atoms with Crippen LogP contribution in [0.3, 0.4) is 0 Å². The maximum atomic E-state index is 6.69. The van der Waals surface area contributed by atoms with E-state index < -0.39 is 0 Å². The number of nitrogens with zero attached hydrogens (tertiary/aromatic N) is 1. The summed E-state index contributed by atoms with van der Waals surface area (Å²) in [7, 11) is 0. The van der Waals surface area contributed by atoms with Crippen LogP contribution in [0.4, 0.5) is 0 Å². The van der Waals surface area contributed by atoms with Crippen LogP contribution < -0.4 is 0 Å². The van der Waals surface area contributed by atoms with Gasteiger partial charge in [0.1, 0.15) is 0 Å². The first-order valence-electron chi connectivity index (χ1n) is 2.73. The molecule has 0 amide bonds.